The predicted octanol–water partition coefficient (Wildman–Crippen LogP) is 3.49. The van der Waals surface area contributed by atoms with Gasteiger partial charge in [0.05, 0.1) is 6.61 Å². The molecule has 0 saturated carbocycles. The summed E-state index contributed by atoms with van der Waals surface area (Å²) in [4.78, 5) is 34.1. The molecule has 43 heavy (non-hydrogen) atoms. The highest BCUT2D eigenvalue weighted by Crippen LogP contribution is 2.22. The van der Waals surface area contributed by atoms with Crippen molar-refractivity contribution in [2.24, 2.45) is 5.41 Å². The van der Waals surface area contributed by atoms with Crippen molar-refractivity contribution in [1.82, 2.24) is 5.32 Å². The van der Waals surface area contributed by atoms with Gasteiger partial charge in [-0.05, 0) is 12.8 Å². The van der Waals surface area contributed by atoms with Crippen LogP contribution < -0.4 is 5.32 Å². The lowest BCUT2D eigenvalue weighted by Crippen LogP contribution is -2.45. The molecule has 1 rings (SSSR count). The zero-order valence-corrected chi connectivity index (χ0v) is 26.4. The summed E-state index contributed by atoms with van der Waals surface area (Å²) in [7, 11) is 0. The van der Waals surface area contributed by atoms with Crippen molar-refractivity contribution in [2.75, 3.05) is 26.4 Å². The summed E-state index contributed by atoms with van der Waals surface area (Å²) in [6.07, 6.45) is 12.6. The molecule has 1 amide bonds. The third-order valence-electron chi connectivity index (χ3n) is 7.22. The molecule has 0 radical (unpaired) electrons. The highest BCUT2D eigenvalue weighted by atomic mass is 16.6. The highest BCUT2D eigenvalue weighted by Gasteiger charge is 2.39. The summed E-state index contributed by atoms with van der Waals surface area (Å²) < 4.78 is 9.55. The number of cyclic esters (lactones) is 1. The Balaban J connectivity index is 0.00000106. The standard InChI is InChI=1S/C22H38O7.C9H19NO4/c1-2-3-4-5-6-7-8-9-10-11-12-13-14-15-18(24)28-16-17(23)21-19(25)20(26)22(27)29-21;1-9(2,6-12)7(13)8(14)10-4-3-5-11/h17,21,23,25-26H,2-16H2,1H3;7,11-13H,3-6H2,1-2H3,(H,10,14)/t17-,21+;/m0./s1. The number of rotatable bonds is 23. The number of hydrogen-bond acceptors (Lipinski definition) is 11. The van der Waals surface area contributed by atoms with Gasteiger partial charge in [0.2, 0.25) is 11.7 Å². The minimum Gasteiger partial charge on any atom is -0.505 e. The second-order valence-corrected chi connectivity index (χ2v) is 11.7. The molecule has 1 unspecified atom stereocenters. The molecule has 252 valence electrons. The van der Waals surface area contributed by atoms with Gasteiger partial charge in [0.1, 0.15) is 18.8 Å². The van der Waals surface area contributed by atoms with Crippen LogP contribution in [-0.4, -0.2) is 93.2 Å². The predicted molar refractivity (Wildman–Crippen MR) is 161 cm³/mol. The van der Waals surface area contributed by atoms with Crippen molar-refractivity contribution in [3.8, 4) is 0 Å². The number of amides is 1. The van der Waals surface area contributed by atoms with E-state index < -0.39 is 59.7 Å². The molecule has 0 fully saturated rings. The molecule has 0 aromatic heterocycles. The number of carbonyl (C=O) groups is 3. The Morgan fingerprint density at radius 3 is 1.84 bits per heavy atom. The lowest BCUT2D eigenvalue weighted by molar-refractivity contribution is -0.154. The van der Waals surface area contributed by atoms with E-state index in [-0.39, 0.29) is 19.6 Å². The first-order valence-electron chi connectivity index (χ1n) is 15.8. The molecule has 3 atom stereocenters. The summed E-state index contributed by atoms with van der Waals surface area (Å²) in [6.45, 7) is 5.09. The summed E-state index contributed by atoms with van der Waals surface area (Å²) in [5.74, 6) is -3.73. The van der Waals surface area contributed by atoms with E-state index in [4.69, 9.17) is 14.9 Å². The molecule has 0 aromatic rings. The number of aliphatic hydroxyl groups is 6. The Bertz CT molecular complexity index is 816. The molecule has 12 nitrogen and oxygen atoms in total. The largest absolute Gasteiger partial charge is 0.505 e. The van der Waals surface area contributed by atoms with Gasteiger partial charge in [-0.15, -0.1) is 0 Å². The van der Waals surface area contributed by atoms with Crippen molar-refractivity contribution in [2.45, 2.75) is 135 Å². The molecule has 1 heterocycles. The Hall–Kier alpha value is -2.41. The second kappa shape index (κ2) is 24.0. The van der Waals surface area contributed by atoms with Crippen LogP contribution in [0.4, 0.5) is 0 Å². The van der Waals surface area contributed by atoms with Crippen LogP contribution in [-0.2, 0) is 23.9 Å². The monoisotopic (exact) mass is 619 g/mol. The fourth-order valence-electron chi connectivity index (χ4n) is 4.18. The van der Waals surface area contributed by atoms with Gasteiger partial charge in [-0.1, -0.05) is 97.8 Å². The lowest BCUT2D eigenvalue weighted by Gasteiger charge is -2.27. The average Bonchev–Trinajstić information content (AvgIpc) is 3.25. The molecule has 0 aromatic carbocycles. The number of ether oxygens (including phenoxy) is 2. The number of nitrogens with one attached hydrogen (secondary N) is 1. The van der Waals surface area contributed by atoms with E-state index in [0.717, 1.165) is 19.3 Å². The molecule has 0 aliphatic carbocycles. The maximum absolute atomic E-state index is 11.7. The van der Waals surface area contributed by atoms with Gasteiger partial charge in [0, 0.05) is 25.0 Å². The van der Waals surface area contributed by atoms with Gasteiger partial charge in [-0.2, -0.15) is 0 Å². The molecule has 1 aliphatic rings. The summed E-state index contributed by atoms with van der Waals surface area (Å²) in [5, 5.41) is 57.8. The van der Waals surface area contributed by atoms with Crippen molar-refractivity contribution in [3.63, 3.8) is 0 Å². The summed E-state index contributed by atoms with van der Waals surface area (Å²) in [5.41, 5.74) is -0.844. The quantitative estimate of drug-likeness (QED) is 0.0651. The van der Waals surface area contributed by atoms with Crippen molar-refractivity contribution < 1.29 is 54.5 Å². The van der Waals surface area contributed by atoms with E-state index >= 15 is 0 Å². The number of unbranched alkanes of at least 4 members (excludes halogenated alkanes) is 12. The number of aliphatic hydroxyl groups excluding tert-OH is 6. The van der Waals surface area contributed by atoms with Crippen LogP contribution in [0.15, 0.2) is 11.5 Å². The van der Waals surface area contributed by atoms with Crippen molar-refractivity contribution >= 4 is 17.8 Å². The Morgan fingerprint density at radius 2 is 1.40 bits per heavy atom. The van der Waals surface area contributed by atoms with Crippen LogP contribution in [0.3, 0.4) is 0 Å². The van der Waals surface area contributed by atoms with Crippen LogP contribution in [0.5, 0.6) is 0 Å². The maximum Gasteiger partial charge on any atom is 0.377 e. The van der Waals surface area contributed by atoms with Gasteiger partial charge in [0.25, 0.3) is 0 Å². The molecule has 7 N–H and O–H groups in total. The zero-order valence-electron chi connectivity index (χ0n) is 26.4. The van der Waals surface area contributed by atoms with Crippen LogP contribution in [0.2, 0.25) is 0 Å². The SMILES string of the molecule is CC(C)(CO)C(O)C(=O)NCCCO.CCCCCCCCCCCCCCCC(=O)OC[C@H](O)[C@H]1OC(=O)C(O)=C1O. The van der Waals surface area contributed by atoms with Gasteiger partial charge in [0.15, 0.2) is 11.9 Å². The molecule has 12 heteroatoms. The molecular weight excluding hydrogens is 562 g/mol. The average molecular weight is 620 g/mol. The fraction of sp³-hybridized carbons (Fsp3) is 0.839. The fourth-order valence-corrected chi connectivity index (χ4v) is 4.18. The smallest absolute Gasteiger partial charge is 0.377 e. The van der Waals surface area contributed by atoms with Crippen LogP contribution in [0, 0.1) is 5.41 Å². The van der Waals surface area contributed by atoms with Gasteiger partial charge >= 0.3 is 11.9 Å². The van der Waals surface area contributed by atoms with Gasteiger partial charge < -0.3 is 45.4 Å². The normalized spacial score (nSPS) is 16.3. The second-order valence-electron chi connectivity index (χ2n) is 11.7. The molecule has 0 bridgehead atoms. The van der Waals surface area contributed by atoms with E-state index in [9.17, 15) is 34.8 Å². The minimum absolute atomic E-state index is 0.000230. The zero-order chi connectivity index (χ0) is 32.7. The number of hydrogen-bond donors (Lipinski definition) is 7. The van der Waals surface area contributed by atoms with Crippen molar-refractivity contribution in [1.29, 1.82) is 0 Å². The lowest BCUT2D eigenvalue weighted by atomic mass is 9.87. The summed E-state index contributed by atoms with van der Waals surface area (Å²) >= 11 is 0. The third-order valence-corrected chi connectivity index (χ3v) is 7.22. The van der Waals surface area contributed by atoms with E-state index in [1.165, 1.54) is 64.2 Å². The highest BCUT2D eigenvalue weighted by molar-refractivity contribution is 5.89. The number of carbonyl (C=O) groups excluding carboxylic acids is 3. The maximum atomic E-state index is 11.7. The third kappa shape index (κ3) is 18.1. The van der Waals surface area contributed by atoms with E-state index in [1.807, 2.05) is 0 Å². The molecule has 0 saturated heterocycles. The molecular formula is C31H57NO11. The first-order valence-corrected chi connectivity index (χ1v) is 15.8. The van der Waals surface area contributed by atoms with E-state index in [0.29, 0.717) is 13.0 Å². The number of esters is 2. The first-order chi connectivity index (χ1) is 20.4. The summed E-state index contributed by atoms with van der Waals surface area (Å²) in [6, 6.07) is 0. The first kappa shape index (κ1) is 40.6. The van der Waals surface area contributed by atoms with E-state index in [1.54, 1.807) is 13.8 Å². The van der Waals surface area contributed by atoms with Gasteiger partial charge in [-0.3, -0.25) is 9.59 Å². The Morgan fingerprint density at radius 1 is 0.884 bits per heavy atom. The van der Waals surface area contributed by atoms with Crippen LogP contribution in [0.1, 0.15) is 117 Å². The minimum atomic E-state index is -1.42. The van der Waals surface area contributed by atoms with Crippen LogP contribution >= 0.6 is 0 Å². The molecule has 1 aliphatic heterocycles. The van der Waals surface area contributed by atoms with Crippen molar-refractivity contribution in [3.05, 3.63) is 11.5 Å². The van der Waals surface area contributed by atoms with Crippen LogP contribution in [0.25, 0.3) is 0 Å². The van der Waals surface area contributed by atoms with E-state index in [2.05, 4.69) is 17.0 Å². The van der Waals surface area contributed by atoms with Gasteiger partial charge in [-0.25, -0.2) is 4.79 Å². The Labute approximate surface area is 256 Å². The molecule has 0 spiro atoms. The topological polar surface area (TPSA) is 203 Å². The Kier molecular flexibility index (Phi) is 22.6.